The van der Waals surface area contributed by atoms with E-state index in [9.17, 15) is 0 Å². The number of benzene rings is 1. The number of aromatic nitrogens is 2. The molecule has 0 unspecified atom stereocenters. The van der Waals surface area contributed by atoms with Crippen molar-refractivity contribution in [1.29, 1.82) is 0 Å². The normalized spacial score (nSPS) is 10.9. The second kappa shape index (κ2) is 11.9. The molecule has 1 aromatic heterocycles. The molecular formula is C17H26IN5. The van der Waals surface area contributed by atoms with Crippen LogP contribution in [0.3, 0.4) is 0 Å². The first-order valence-electron chi connectivity index (χ1n) is 7.92. The lowest BCUT2D eigenvalue weighted by atomic mass is 10.1. The summed E-state index contributed by atoms with van der Waals surface area (Å²) in [6.45, 7) is 5.42. The Morgan fingerprint density at radius 2 is 2.00 bits per heavy atom. The number of nitrogens with one attached hydrogen (secondary N) is 2. The van der Waals surface area contributed by atoms with Crippen LogP contribution in [0, 0.1) is 0 Å². The molecule has 1 aromatic carbocycles. The Hall–Kier alpha value is -1.57. The van der Waals surface area contributed by atoms with Crippen molar-refractivity contribution in [3.8, 4) is 0 Å². The second-order valence-corrected chi connectivity index (χ2v) is 5.05. The molecular weight excluding hydrogens is 401 g/mol. The molecule has 5 nitrogen and oxygen atoms in total. The number of aryl methyl sites for hydroxylation is 1. The summed E-state index contributed by atoms with van der Waals surface area (Å²) in [5.74, 6) is 0.878. The minimum atomic E-state index is 0. The minimum absolute atomic E-state index is 0. The van der Waals surface area contributed by atoms with Gasteiger partial charge in [-0.05, 0) is 31.4 Å². The van der Waals surface area contributed by atoms with Crippen molar-refractivity contribution in [2.75, 3.05) is 19.6 Å². The topological polar surface area (TPSA) is 54.2 Å². The second-order valence-electron chi connectivity index (χ2n) is 5.05. The maximum absolute atomic E-state index is 4.61. The van der Waals surface area contributed by atoms with Crippen LogP contribution in [0.25, 0.3) is 0 Å². The van der Waals surface area contributed by atoms with Crippen molar-refractivity contribution in [2.24, 2.45) is 4.99 Å². The fourth-order valence-electron chi connectivity index (χ4n) is 2.18. The predicted octanol–water partition coefficient (Wildman–Crippen LogP) is 2.69. The zero-order valence-electron chi connectivity index (χ0n) is 13.6. The third kappa shape index (κ3) is 8.01. The van der Waals surface area contributed by atoms with Gasteiger partial charge in [-0.3, -0.25) is 9.67 Å². The Labute approximate surface area is 155 Å². The number of nitrogens with zero attached hydrogens (tertiary/aromatic N) is 3. The Balaban J connectivity index is 0.00000264. The quantitative estimate of drug-likeness (QED) is 0.295. The van der Waals surface area contributed by atoms with Gasteiger partial charge in [0.05, 0.1) is 6.54 Å². The van der Waals surface area contributed by atoms with Gasteiger partial charge in [-0.2, -0.15) is 5.10 Å². The Morgan fingerprint density at radius 3 is 2.70 bits per heavy atom. The summed E-state index contributed by atoms with van der Waals surface area (Å²) in [5.41, 5.74) is 1.37. The summed E-state index contributed by atoms with van der Waals surface area (Å²) >= 11 is 0. The zero-order chi connectivity index (χ0) is 15.5. The number of aliphatic imine (C=N–C) groups is 1. The summed E-state index contributed by atoms with van der Waals surface area (Å²) in [7, 11) is 0. The van der Waals surface area contributed by atoms with E-state index in [0.29, 0.717) is 0 Å². The van der Waals surface area contributed by atoms with Gasteiger partial charge in [0, 0.05) is 32.0 Å². The third-order valence-corrected chi connectivity index (χ3v) is 3.27. The first-order chi connectivity index (χ1) is 10.9. The Kier molecular flexibility index (Phi) is 10.1. The highest BCUT2D eigenvalue weighted by Gasteiger charge is 1.97. The van der Waals surface area contributed by atoms with E-state index in [2.05, 4.69) is 58.0 Å². The van der Waals surface area contributed by atoms with Crippen LogP contribution in [0.2, 0.25) is 0 Å². The Bertz CT molecular complexity index is 539. The van der Waals surface area contributed by atoms with Gasteiger partial charge in [0.15, 0.2) is 5.96 Å². The van der Waals surface area contributed by atoms with Gasteiger partial charge in [-0.25, -0.2) is 0 Å². The monoisotopic (exact) mass is 427 g/mol. The maximum atomic E-state index is 4.61. The van der Waals surface area contributed by atoms with Crippen molar-refractivity contribution >= 4 is 29.9 Å². The molecule has 0 atom stereocenters. The van der Waals surface area contributed by atoms with E-state index in [1.54, 1.807) is 6.20 Å². The molecule has 0 aliphatic rings. The molecule has 0 saturated carbocycles. The van der Waals surface area contributed by atoms with Crippen LogP contribution in [0.5, 0.6) is 0 Å². The fraction of sp³-hybridized carbons (Fsp3) is 0.412. The van der Waals surface area contributed by atoms with E-state index in [1.165, 1.54) is 5.56 Å². The van der Waals surface area contributed by atoms with Gasteiger partial charge < -0.3 is 10.6 Å². The molecule has 1 heterocycles. The molecule has 126 valence electrons. The molecule has 0 saturated heterocycles. The zero-order valence-corrected chi connectivity index (χ0v) is 15.9. The highest BCUT2D eigenvalue weighted by molar-refractivity contribution is 14.0. The third-order valence-electron chi connectivity index (χ3n) is 3.27. The molecule has 0 amide bonds. The highest BCUT2D eigenvalue weighted by atomic mass is 127. The smallest absolute Gasteiger partial charge is 0.191 e. The molecule has 23 heavy (non-hydrogen) atoms. The summed E-state index contributed by atoms with van der Waals surface area (Å²) in [5, 5.41) is 10.8. The number of rotatable bonds is 8. The van der Waals surface area contributed by atoms with Gasteiger partial charge in [-0.15, -0.1) is 24.0 Å². The summed E-state index contributed by atoms with van der Waals surface area (Å²) in [6.07, 6.45) is 5.88. The van der Waals surface area contributed by atoms with Crippen molar-refractivity contribution in [3.63, 3.8) is 0 Å². The Morgan fingerprint density at radius 1 is 1.17 bits per heavy atom. The molecule has 0 spiro atoms. The van der Waals surface area contributed by atoms with Crippen LogP contribution in [0.1, 0.15) is 18.9 Å². The number of guanidine groups is 1. The lowest BCUT2D eigenvalue weighted by molar-refractivity contribution is 0.597. The molecule has 0 aliphatic carbocycles. The maximum Gasteiger partial charge on any atom is 0.191 e. The van der Waals surface area contributed by atoms with Gasteiger partial charge in [0.1, 0.15) is 0 Å². The minimum Gasteiger partial charge on any atom is -0.357 e. The predicted molar refractivity (Wildman–Crippen MR) is 106 cm³/mol. The standard InChI is InChI=1S/C17H25N5.HI/c1-2-18-17(20-13-15-22-14-7-12-21-22)19-11-6-10-16-8-4-3-5-9-16;/h3-5,7-9,12,14H,2,6,10-11,13,15H2,1H3,(H2,18,19,20);1H. The first-order valence-corrected chi connectivity index (χ1v) is 7.92. The highest BCUT2D eigenvalue weighted by Crippen LogP contribution is 2.02. The lowest BCUT2D eigenvalue weighted by Gasteiger charge is -2.11. The van der Waals surface area contributed by atoms with Crippen LogP contribution >= 0.6 is 24.0 Å². The summed E-state index contributed by atoms with van der Waals surface area (Å²) < 4.78 is 1.91. The average molecular weight is 427 g/mol. The van der Waals surface area contributed by atoms with E-state index in [4.69, 9.17) is 0 Å². The molecule has 0 fully saturated rings. The molecule has 2 N–H and O–H groups in total. The van der Waals surface area contributed by atoms with Crippen molar-refractivity contribution < 1.29 is 0 Å². The molecule has 0 radical (unpaired) electrons. The number of halogens is 1. The SMILES string of the molecule is CCNC(=NCCCc1ccccc1)NCCn1cccn1.I. The largest absolute Gasteiger partial charge is 0.357 e. The van der Waals surface area contributed by atoms with Crippen molar-refractivity contribution in [2.45, 2.75) is 26.3 Å². The molecule has 2 aromatic rings. The van der Waals surface area contributed by atoms with Crippen LogP contribution in [-0.4, -0.2) is 35.4 Å². The van der Waals surface area contributed by atoms with Crippen LogP contribution in [-0.2, 0) is 13.0 Å². The van der Waals surface area contributed by atoms with E-state index >= 15 is 0 Å². The van der Waals surface area contributed by atoms with Crippen LogP contribution < -0.4 is 10.6 Å². The molecule has 2 rings (SSSR count). The van der Waals surface area contributed by atoms with Gasteiger partial charge in [0.2, 0.25) is 0 Å². The number of hydrogen-bond acceptors (Lipinski definition) is 2. The van der Waals surface area contributed by atoms with Gasteiger partial charge >= 0.3 is 0 Å². The number of hydrogen-bond donors (Lipinski definition) is 2. The molecule has 6 heteroatoms. The fourth-order valence-corrected chi connectivity index (χ4v) is 2.18. The first kappa shape index (κ1) is 19.5. The van der Waals surface area contributed by atoms with Crippen LogP contribution in [0.15, 0.2) is 53.8 Å². The lowest BCUT2D eigenvalue weighted by Crippen LogP contribution is -2.39. The summed E-state index contributed by atoms with van der Waals surface area (Å²) in [4.78, 5) is 4.61. The van der Waals surface area contributed by atoms with Gasteiger partial charge in [-0.1, -0.05) is 30.3 Å². The van der Waals surface area contributed by atoms with Gasteiger partial charge in [0.25, 0.3) is 0 Å². The van der Waals surface area contributed by atoms with E-state index in [0.717, 1.165) is 45.0 Å². The van der Waals surface area contributed by atoms with Crippen molar-refractivity contribution in [1.82, 2.24) is 20.4 Å². The molecule has 0 aliphatic heterocycles. The van der Waals surface area contributed by atoms with E-state index in [-0.39, 0.29) is 24.0 Å². The summed E-state index contributed by atoms with van der Waals surface area (Å²) in [6, 6.07) is 12.5. The van der Waals surface area contributed by atoms with Crippen molar-refractivity contribution in [3.05, 3.63) is 54.4 Å². The van der Waals surface area contributed by atoms with Crippen LogP contribution in [0.4, 0.5) is 0 Å². The van der Waals surface area contributed by atoms with E-state index < -0.39 is 0 Å². The molecule has 0 bridgehead atoms. The average Bonchev–Trinajstić information content (AvgIpc) is 3.06. The van der Waals surface area contributed by atoms with E-state index in [1.807, 2.05) is 16.9 Å².